The predicted molar refractivity (Wildman–Crippen MR) is 50.5 cm³/mol. The van der Waals surface area contributed by atoms with Gasteiger partial charge in [-0.05, 0) is 12.5 Å². The Labute approximate surface area is 81.3 Å². The summed E-state index contributed by atoms with van der Waals surface area (Å²) in [7, 11) is -7.62. The molecule has 0 radical (unpaired) electrons. The molecule has 0 atom stereocenters. The highest BCUT2D eigenvalue weighted by molar-refractivity contribution is 7.96. The second kappa shape index (κ2) is 6.91. The molecule has 0 unspecified atom stereocenters. The van der Waals surface area contributed by atoms with Gasteiger partial charge in [-0.3, -0.25) is 4.18 Å². The van der Waals surface area contributed by atoms with E-state index in [4.69, 9.17) is 24.8 Å². The first-order valence-electron chi connectivity index (χ1n) is 3.19. The van der Waals surface area contributed by atoms with E-state index in [0.29, 0.717) is 6.61 Å². The molecule has 86 valence electrons. The number of hydrogen-bond acceptors (Lipinski definition) is 3. The molecule has 14 heavy (non-hydrogen) atoms. The van der Waals surface area contributed by atoms with Gasteiger partial charge in [0.25, 0.3) is 0 Å². The zero-order valence-corrected chi connectivity index (χ0v) is 9.30. The van der Waals surface area contributed by atoms with Gasteiger partial charge in [-0.25, -0.2) is 8.77 Å². The average molecular weight is 249 g/mol. The number of phosphoric acid groups is 1. The summed E-state index contributed by atoms with van der Waals surface area (Å²) in [5.41, 5.74) is 7.83. The molecule has 0 aromatic heterocycles. The van der Waals surface area contributed by atoms with E-state index in [1.807, 2.05) is 0 Å². The van der Waals surface area contributed by atoms with E-state index < -0.39 is 18.2 Å². The largest absolute Gasteiger partial charge is 0.466 e. The second-order valence-corrected chi connectivity index (χ2v) is 4.98. The number of thiol groups is 1. The van der Waals surface area contributed by atoms with Crippen LogP contribution < -0.4 is 0 Å². The van der Waals surface area contributed by atoms with Crippen molar-refractivity contribution in [1.82, 2.24) is 0 Å². The van der Waals surface area contributed by atoms with Crippen LogP contribution in [-0.2, 0) is 19.1 Å². The van der Waals surface area contributed by atoms with Crippen LogP contribution in [0.15, 0.2) is 4.52 Å². The lowest BCUT2D eigenvalue weighted by molar-refractivity contribution is 0.275. The summed E-state index contributed by atoms with van der Waals surface area (Å²) in [4.78, 5) is 23.9. The quantitative estimate of drug-likeness (QED) is 0.180. The lowest BCUT2D eigenvalue weighted by atomic mass is 10.9. The normalized spacial score (nSPS) is 12.1. The number of azide groups is 1. The van der Waals surface area contributed by atoms with Crippen LogP contribution in [-0.4, -0.2) is 31.8 Å². The fraction of sp³-hybridized carbons (Fsp3) is 1.00. The van der Waals surface area contributed by atoms with Gasteiger partial charge < -0.3 is 14.7 Å². The van der Waals surface area contributed by atoms with E-state index in [1.54, 1.807) is 6.92 Å². The minimum atomic E-state index is -4.64. The van der Waals surface area contributed by atoms with Crippen molar-refractivity contribution in [2.75, 3.05) is 12.9 Å². The van der Waals surface area contributed by atoms with Crippen LogP contribution in [0.25, 0.3) is 10.4 Å². The molecular formula is C3H12N3O6PS. The third-order valence-electron chi connectivity index (χ3n) is 0.571. The lowest BCUT2D eigenvalue weighted by Gasteiger charge is -2.14. The zero-order valence-electron chi connectivity index (χ0n) is 7.51. The molecule has 0 heterocycles. The van der Waals surface area contributed by atoms with Gasteiger partial charge in [-0.1, -0.05) is 0 Å². The Kier molecular flexibility index (Phi) is 7.88. The molecule has 0 aromatic carbocycles. The fourth-order valence-electron chi connectivity index (χ4n) is 0.338. The van der Waals surface area contributed by atoms with E-state index in [1.165, 1.54) is 6.26 Å². The van der Waals surface area contributed by atoms with Crippen molar-refractivity contribution in [1.29, 1.82) is 0 Å². The van der Waals surface area contributed by atoms with Crippen molar-refractivity contribution in [3.8, 4) is 0 Å². The SMILES string of the molecule is CCO[SH](C)(=O)N=[N+]=[N-].O=P(O)(O)O. The van der Waals surface area contributed by atoms with Crippen LogP contribution >= 0.6 is 7.82 Å². The zero-order chi connectivity index (χ0) is 11.8. The molecule has 0 aliphatic rings. The first-order valence-corrected chi connectivity index (χ1v) is 6.78. The van der Waals surface area contributed by atoms with Gasteiger partial charge in [0.1, 0.15) is 0 Å². The molecule has 3 N–H and O–H groups in total. The van der Waals surface area contributed by atoms with Crippen LogP contribution in [0, 0.1) is 0 Å². The third-order valence-corrected chi connectivity index (χ3v) is 1.71. The molecule has 9 nitrogen and oxygen atoms in total. The highest BCUT2D eigenvalue weighted by Gasteiger charge is 2.00. The van der Waals surface area contributed by atoms with Gasteiger partial charge in [-0.2, -0.15) is 0 Å². The van der Waals surface area contributed by atoms with Crippen molar-refractivity contribution in [3.63, 3.8) is 0 Å². The van der Waals surface area contributed by atoms with E-state index in [2.05, 4.69) is 13.6 Å². The van der Waals surface area contributed by atoms with Crippen molar-refractivity contribution < 1.29 is 27.6 Å². The van der Waals surface area contributed by atoms with Gasteiger partial charge >= 0.3 is 7.82 Å². The molecule has 0 aliphatic carbocycles. The van der Waals surface area contributed by atoms with Crippen molar-refractivity contribution in [2.24, 2.45) is 4.52 Å². The molecule has 0 spiro atoms. The molecule has 0 aliphatic heterocycles. The molecule has 0 aromatic rings. The van der Waals surface area contributed by atoms with Crippen LogP contribution in [0.5, 0.6) is 0 Å². The monoisotopic (exact) mass is 249 g/mol. The maximum Gasteiger partial charge on any atom is 0.466 e. The maximum absolute atomic E-state index is 10.8. The van der Waals surface area contributed by atoms with Crippen LogP contribution in [0.4, 0.5) is 0 Å². The van der Waals surface area contributed by atoms with E-state index >= 15 is 0 Å². The Morgan fingerprint density at radius 1 is 1.57 bits per heavy atom. The lowest BCUT2D eigenvalue weighted by Crippen LogP contribution is -2.08. The maximum atomic E-state index is 10.8. The number of rotatable bonds is 3. The van der Waals surface area contributed by atoms with E-state index in [0.717, 1.165) is 0 Å². The van der Waals surface area contributed by atoms with E-state index in [9.17, 15) is 4.21 Å². The highest BCUT2D eigenvalue weighted by Crippen LogP contribution is 2.25. The van der Waals surface area contributed by atoms with Crippen LogP contribution in [0.2, 0.25) is 0 Å². The van der Waals surface area contributed by atoms with Crippen LogP contribution in [0.1, 0.15) is 6.92 Å². The van der Waals surface area contributed by atoms with E-state index in [-0.39, 0.29) is 0 Å². The molecule has 0 saturated heterocycles. The topological polar surface area (TPSA) is 153 Å². The molecule has 0 bridgehead atoms. The standard InChI is InChI=1S/C3H9N3O2S.H3O4P/c1-3-8-9(2,7)6-5-4;1-5(2,3)4/h9H,3H2,1-2H3;(H3,1,2,3,4). The summed E-state index contributed by atoms with van der Waals surface area (Å²) in [6, 6.07) is 0. The van der Waals surface area contributed by atoms with Gasteiger partial charge in [0, 0.05) is 15.7 Å². The Morgan fingerprint density at radius 3 is 2.14 bits per heavy atom. The molecule has 0 fully saturated rings. The summed E-state index contributed by atoms with van der Waals surface area (Å²) in [5, 5.41) is 0. The Balaban J connectivity index is 0. The number of nitrogens with zero attached hydrogens (tertiary/aromatic N) is 3. The summed E-state index contributed by atoms with van der Waals surface area (Å²) in [6.45, 7) is 1.98. The predicted octanol–water partition coefficient (Wildman–Crippen LogP) is -0.119. The van der Waals surface area contributed by atoms with Crippen molar-refractivity contribution in [2.45, 2.75) is 6.92 Å². The smallest absolute Gasteiger partial charge is 0.303 e. The first-order chi connectivity index (χ1) is 6.12. The summed E-state index contributed by atoms with van der Waals surface area (Å²) in [5.74, 6) is 0. The summed E-state index contributed by atoms with van der Waals surface area (Å²) in [6.07, 6.45) is 1.27. The number of hydrogen-bond donors (Lipinski definition) is 4. The Bertz CT molecular complexity index is 286. The average Bonchev–Trinajstić information content (AvgIpc) is 1.81. The Hall–Kier alpha value is -0.470. The second-order valence-electron chi connectivity index (χ2n) is 1.91. The van der Waals surface area contributed by atoms with Gasteiger partial charge in [0.2, 0.25) is 0 Å². The van der Waals surface area contributed by atoms with Crippen molar-refractivity contribution >= 4 is 18.2 Å². The molecule has 0 amide bonds. The third kappa shape index (κ3) is 22.5. The highest BCUT2D eigenvalue weighted by atomic mass is 32.3. The molecule has 0 saturated carbocycles. The Morgan fingerprint density at radius 2 is 1.93 bits per heavy atom. The summed E-state index contributed by atoms with van der Waals surface area (Å²) >= 11 is 0. The molecular weight excluding hydrogens is 237 g/mol. The van der Waals surface area contributed by atoms with Crippen LogP contribution in [0.3, 0.4) is 0 Å². The summed E-state index contributed by atoms with van der Waals surface area (Å²) < 4.78 is 27.2. The molecule has 0 rings (SSSR count). The van der Waals surface area contributed by atoms with Gasteiger partial charge in [-0.15, -0.1) is 10.4 Å². The first kappa shape index (κ1) is 16.0. The van der Waals surface area contributed by atoms with Gasteiger partial charge in [0.15, 0.2) is 0 Å². The minimum absolute atomic E-state index is 0.298. The molecule has 11 heteroatoms. The minimum Gasteiger partial charge on any atom is -0.303 e. The fourth-order valence-corrected chi connectivity index (χ4v) is 1.01. The van der Waals surface area contributed by atoms with Gasteiger partial charge in [0.05, 0.1) is 6.61 Å². The van der Waals surface area contributed by atoms with Crippen molar-refractivity contribution in [3.05, 3.63) is 10.4 Å².